The highest BCUT2D eigenvalue weighted by molar-refractivity contribution is 6.30. The zero-order valence-corrected chi connectivity index (χ0v) is 15.1. The third kappa shape index (κ3) is 2.65. The Labute approximate surface area is 151 Å². The molecule has 6 heteroatoms. The molecule has 0 bridgehead atoms. The number of esters is 2. The number of ether oxygens (including phenoxy) is 2. The first kappa shape index (κ1) is 17.9. The Bertz CT molecular complexity index is 705. The van der Waals surface area contributed by atoms with Gasteiger partial charge in [-0.15, -0.1) is 0 Å². The molecule has 2 unspecified atom stereocenters. The van der Waals surface area contributed by atoms with Crippen LogP contribution in [0.25, 0.3) is 0 Å². The normalized spacial score (nSPS) is 28.5. The molecule has 1 saturated heterocycles. The number of rotatable bonds is 2. The lowest BCUT2D eigenvalue weighted by molar-refractivity contribution is -0.199. The second-order valence-electron chi connectivity index (χ2n) is 7.00. The summed E-state index contributed by atoms with van der Waals surface area (Å²) in [7, 11) is 1.17. The van der Waals surface area contributed by atoms with Crippen LogP contribution in [0.2, 0.25) is 5.02 Å². The predicted octanol–water partition coefficient (Wildman–Crippen LogP) is 3.64. The Balaban J connectivity index is 2.11. The van der Waals surface area contributed by atoms with Crippen molar-refractivity contribution in [3.8, 4) is 0 Å². The predicted molar refractivity (Wildman–Crippen MR) is 90.9 cm³/mol. The van der Waals surface area contributed by atoms with E-state index in [2.05, 4.69) is 0 Å². The molecule has 2 aliphatic rings. The quantitative estimate of drug-likeness (QED) is 0.592. The van der Waals surface area contributed by atoms with Gasteiger partial charge in [-0.3, -0.25) is 14.4 Å². The van der Waals surface area contributed by atoms with Crippen molar-refractivity contribution in [2.24, 2.45) is 10.8 Å². The highest BCUT2D eigenvalue weighted by atomic mass is 35.5. The van der Waals surface area contributed by atoms with E-state index in [1.54, 1.807) is 24.3 Å². The van der Waals surface area contributed by atoms with Gasteiger partial charge in [0.25, 0.3) is 0 Å². The van der Waals surface area contributed by atoms with E-state index < -0.39 is 28.9 Å². The summed E-state index contributed by atoms with van der Waals surface area (Å²) in [5.74, 6) is -2.09. The van der Waals surface area contributed by atoms with Gasteiger partial charge in [-0.25, -0.2) is 0 Å². The van der Waals surface area contributed by atoms with Gasteiger partial charge in [-0.1, -0.05) is 43.0 Å². The minimum atomic E-state index is -1.91. The molecule has 1 aromatic rings. The third-order valence-electron chi connectivity index (χ3n) is 5.55. The Morgan fingerprint density at radius 3 is 2.32 bits per heavy atom. The monoisotopic (exact) mass is 364 g/mol. The van der Waals surface area contributed by atoms with Crippen LogP contribution < -0.4 is 0 Å². The lowest BCUT2D eigenvalue weighted by Gasteiger charge is -2.48. The molecule has 1 aromatic carbocycles. The Morgan fingerprint density at radius 2 is 1.76 bits per heavy atom. The summed E-state index contributed by atoms with van der Waals surface area (Å²) in [5, 5.41) is 0.564. The molecule has 2 atom stereocenters. The molecule has 1 heterocycles. The van der Waals surface area contributed by atoms with Gasteiger partial charge in [-0.2, -0.15) is 0 Å². The average Bonchev–Trinajstić information content (AvgIpc) is 2.64. The van der Waals surface area contributed by atoms with E-state index in [-0.39, 0.29) is 5.78 Å². The van der Waals surface area contributed by atoms with E-state index in [0.29, 0.717) is 17.9 Å². The first-order valence-corrected chi connectivity index (χ1v) is 8.84. The fraction of sp³-hybridized carbons (Fsp3) is 0.526. The highest BCUT2D eigenvalue weighted by Crippen LogP contribution is 2.55. The summed E-state index contributed by atoms with van der Waals surface area (Å²) < 4.78 is 10.5. The van der Waals surface area contributed by atoms with Crippen LogP contribution in [-0.4, -0.2) is 24.8 Å². The molecule has 1 spiro atoms. The summed E-state index contributed by atoms with van der Waals surface area (Å²) >= 11 is 5.95. The summed E-state index contributed by atoms with van der Waals surface area (Å²) in [6.07, 6.45) is 3.18. The van der Waals surface area contributed by atoms with Gasteiger partial charge >= 0.3 is 11.9 Å². The van der Waals surface area contributed by atoms with E-state index in [4.69, 9.17) is 21.1 Å². The summed E-state index contributed by atoms with van der Waals surface area (Å²) in [6.45, 7) is 1.32. The zero-order chi connectivity index (χ0) is 18.2. The van der Waals surface area contributed by atoms with E-state index in [0.717, 1.165) is 24.8 Å². The van der Waals surface area contributed by atoms with Crippen LogP contribution >= 0.6 is 11.6 Å². The standard InChI is InChI=1S/C19H21ClO5/c1-18(16(22)24-2)15(21)19(10-4-3-5-11-19)14(25-17(18)23)12-6-8-13(20)9-7-12/h6-9,14H,3-5,10-11H2,1-2H3. The van der Waals surface area contributed by atoms with Crippen molar-refractivity contribution in [3.05, 3.63) is 34.9 Å². The van der Waals surface area contributed by atoms with Crippen LogP contribution in [0.4, 0.5) is 0 Å². The first-order valence-electron chi connectivity index (χ1n) is 8.46. The van der Waals surface area contributed by atoms with E-state index >= 15 is 0 Å². The van der Waals surface area contributed by atoms with Gasteiger partial charge in [0.15, 0.2) is 5.78 Å². The molecule has 1 saturated carbocycles. The van der Waals surface area contributed by atoms with E-state index in [9.17, 15) is 14.4 Å². The van der Waals surface area contributed by atoms with Crippen LogP contribution in [0.15, 0.2) is 24.3 Å². The van der Waals surface area contributed by atoms with Crippen LogP contribution in [-0.2, 0) is 23.9 Å². The molecule has 1 aliphatic carbocycles. The maximum Gasteiger partial charge on any atom is 0.331 e. The minimum absolute atomic E-state index is 0.386. The van der Waals surface area contributed by atoms with Crippen molar-refractivity contribution in [1.29, 1.82) is 0 Å². The van der Waals surface area contributed by atoms with E-state index in [1.165, 1.54) is 14.0 Å². The molecule has 134 valence electrons. The highest BCUT2D eigenvalue weighted by Gasteiger charge is 2.66. The topological polar surface area (TPSA) is 69.7 Å². The maximum atomic E-state index is 13.5. The van der Waals surface area contributed by atoms with Crippen molar-refractivity contribution in [1.82, 2.24) is 0 Å². The molecule has 0 N–H and O–H groups in total. The Kier molecular flexibility index (Phi) is 4.62. The number of halogens is 1. The number of benzene rings is 1. The fourth-order valence-electron chi connectivity index (χ4n) is 4.12. The molecule has 1 aliphatic heterocycles. The van der Waals surface area contributed by atoms with Gasteiger partial charge < -0.3 is 9.47 Å². The molecule has 3 rings (SSSR count). The number of cyclic esters (lactones) is 1. The average molecular weight is 365 g/mol. The number of methoxy groups -OCH3 is 1. The number of carbonyl (C=O) groups is 3. The lowest BCUT2D eigenvalue weighted by atomic mass is 9.58. The molecule has 0 amide bonds. The van der Waals surface area contributed by atoms with Crippen LogP contribution in [0.3, 0.4) is 0 Å². The number of Topliss-reactive ketones (excluding diaryl/α,β-unsaturated/α-hetero) is 1. The van der Waals surface area contributed by atoms with Gasteiger partial charge in [0.2, 0.25) is 5.41 Å². The van der Waals surface area contributed by atoms with Gasteiger partial charge in [0, 0.05) is 5.02 Å². The second kappa shape index (κ2) is 6.45. The smallest absolute Gasteiger partial charge is 0.331 e. The minimum Gasteiger partial charge on any atom is -0.468 e. The second-order valence-corrected chi connectivity index (χ2v) is 7.44. The number of hydrogen-bond donors (Lipinski definition) is 0. The van der Waals surface area contributed by atoms with Crippen molar-refractivity contribution in [2.45, 2.75) is 45.1 Å². The molecule has 2 fully saturated rings. The molecule has 25 heavy (non-hydrogen) atoms. The fourth-order valence-corrected chi connectivity index (χ4v) is 4.25. The van der Waals surface area contributed by atoms with Crippen LogP contribution in [0.1, 0.15) is 50.7 Å². The summed E-state index contributed by atoms with van der Waals surface area (Å²) in [6, 6.07) is 6.95. The number of carbonyl (C=O) groups excluding carboxylic acids is 3. The zero-order valence-electron chi connectivity index (χ0n) is 14.3. The summed E-state index contributed by atoms with van der Waals surface area (Å²) in [4.78, 5) is 38.4. The Hall–Kier alpha value is -1.88. The molecule has 0 radical (unpaired) electrons. The van der Waals surface area contributed by atoms with Crippen LogP contribution in [0, 0.1) is 10.8 Å². The van der Waals surface area contributed by atoms with E-state index in [1.807, 2.05) is 0 Å². The van der Waals surface area contributed by atoms with Gasteiger partial charge in [-0.05, 0) is 37.5 Å². The van der Waals surface area contributed by atoms with Crippen LogP contribution in [0.5, 0.6) is 0 Å². The SMILES string of the molecule is COC(=O)C1(C)C(=O)OC(c2ccc(Cl)cc2)C2(CCCCC2)C1=O. The molecular formula is C19H21ClO5. The first-order chi connectivity index (χ1) is 11.9. The maximum absolute atomic E-state index is 13.5. The van der Waals surface area contributed by atoms with Gasteiger partial charge in [0.05, 0.1) is 12.5 Å². The molecule has 5 nitrogen and oxygen atoms in total. The van der Waals surface area contributed by atoms with Gasteiger partial charge in [0.1, 0.15) is 6.10 Å². The van der Waals surface area contributed by atoms with Crippen molar-refractivity contribution in [3.63, 3.8) is 0 Å². The van der Waals surface area contributed by atoms with Crippen molar-refractivity contribution >= 4 is 29.3 Å². The number of ketones is 1. The largest absolute Gasteiger partial charge is 0.468 e. The molecular weight excluding hydrogens is 344 g/mol. The third-order valence-corrected chi connectivity index (χ3v) is 5.81. The van der Waals surface area contributed by atoms with Crippen molar-refractivity contribution < 1.29 is 23.9 Å². The number of hydrogen-bond acceptors (Lipinski definition) is 5. The Morgan fingerprint density at radius 1 is 1.16 bits per heavy atom. The lowest BCUT2D eigenvalue weighted by Crippen LogP contribution is -2.60. The van der Waals surface area contributed by atoms with Crippen molar-refractivity contribution in [2.75, 3.05) is 7.11 Å². The summed E-state index contributed by atoms with van der Waals surface area (Å²) in [5.41, 5.74) is -2.09. The molecule has 0 aromatic heterocycles.